The number of hydrogen-bond acceptors (Lipinski definition) is 11. The number of carbonyl (C=O) groups is 1. The summed E-state index contributed by atoms with van der Waals surface area (Å²) in [5, 5.41) is 15.0. The number of fused-ring (bicyclic) bond motifs is 2. The fraction of sp³-hybridized carbons (Fsp3) is 0.407. The second-order valence-corrected chi connectivity index (χ2v) is 13.7. The maximum atomic E-state index is 15.6. The van der Waals surface area contributed by atoms with Crippen molar-refractivity contribution in [3.63, 3.8) is 0 Å². The Bertz CT molecular complexity index is 1820. The van der Waals surface area contributed by atoms with Gasteiger partial charge in [0, 0.05) is 5.39 Å². The molecule has 242 valence electrons. The van der Waals surface area contributed by atoms with Gasteiger partial charge in [0.2, 0.25) is 5.95 Å². The first kappa shape index (κ1) is 32.8. The van der Waals surface area contributed by atoms with E-state index in [1.165, 1.54) is 6.92 Å². The number of imidazole rings is 1. The predicted octanol–water partition coefficient (Wildman–Crippen LogP) is 3.34. The van der Waals surface area contributed by atoms with Crippen molar-refractivity contribution in [2.24, 2.45) is 0 Å². The third-order valence-electron chi connectivity index (χ3n) is 6.99. The smallest absolute Gasteiger partial charge is 0.323 e. The molecule has 0 spiro atoms. The van der Waals surface area contributed by atoms with Crippen LogP contribution in [-0.2, 0) is 30.6 Å². The highest BCUT2D eigenvalue weighted by Gasteiger charge is 2.62. The highest BCUT2D eigenvalue weighted by molar-refractivity contribution is 8.09. The van der Waals surface area contributed by atoms with Crippen molar-refractivity contribution in [2.75, 3.05) is 12.3 Å². The maximum Gasteiger partial charge on any atom is 0.323 e. The number of aromatic amines is 1. The topological polar surface area (TPSA) is 176 Å². The molecule has 0 bridgehead atoms. The molecule has 45 heavy (non-hydrogen) atoms. The van der Waals surface area contributed by atoms with Crippen LogP contribution >= 0.6 is 6.64 Å². The van der Waals surface area contributed by atoms with E-state index in [9.17, 15) is 23.5 Å². The monoisotopic (exact) mass is 670 g/mol. The number of aliphatic hydroxyl groups is 1. The third kappa shape index (κ3) is 6.41. The number of esters is 1. The number of nitrogens with two attached hydrogens (primary N) is 1. The van der Waals surface area contributed by atoms with Gasteiger partial charge < -0.3 is 29.4 Å². The van der Waals surface area contributed by atoms with Gasteiger partial charge in [0.15, 0.2) is 29.2 Å². The molecule has 0 saturated carbocycles. The Morgan fingerprint density at radius 3 is 2.69 bits per heavy atom. The van der Waals surface area contributed by atoms with Crippen LogP contribution in [0.5, 0.6) is 5.75 Å². The first-order chi connectivity index (χ1) is 21.2. The first-order valence-electron chi connectivity index (χ1n) is 13.7. The fourth-order valence-corrected chi connectivity index (χ4v) is 7.22. The van der Waals surface area contributed by atoms with E-state index in [1.807, 2.05) is 12.1 Å². The minimum absolute atomic E-state index is 0.215. The molecule has 13 nitrogen and oxygen atoms in total. The van der Waals surface area contributed by atoms with Crippen LogP contribution in [0.25, 0.3) is 21.9 Å². The molecule has 0 amide bonds. The molecule has 18 heteroatoms. The van der Waals surface area contributed by atoms with Crippen LogP contribution < -0.4 is 20.9 Å². The zero-order chi connectivity index (χ0) is 32.7. The van der Waals surface area contributed by atoms with Gasteiger partial charge in [-0.05, 0) is 44.0 Å². The summed E-state index contributed by atoms with van der Waals surface area (Å²) in [5.74, 6) is -0.843. The van der Waals surface area contributed by atoms with Gasteiger partial charge in [0.1, 0.15) is 17.9 Å². The molecule has 3 heterocycles. The molecule has 2 aromatic heterocycles. The van der Waals surface area contributed by atoms with E-state index in [0.717, 1.165) is 16.3 Å². The summed E-state index contributed by atoms with van der Waals surface area (Å²) in [6, 6.07) is 11.1. The van der Waals surface area contributed by atoms with Crippen LogP contribution in [0.4, 0.5) is 19.1 Å². The highest BCUT2D eigenvalue weighted by atomic mass is 32.5. The number of halogens is 3. The minimum Gasteiger partial charge on any atom is -0.462 e. The lowest BCUT2D eigenvalue weighted by Crippen LogP contribution is -2.52. The number of nitrogen functional groups attached to an aromatic ring is 1. The van der Waals surface area contributed by atoms with Gasteiger partial charge in [-0.15, -0.1) is 0 Å². The normalized spacial score (nSPS) is 23.9. The molecule has 1 saturated heterocycles. The number of H-pyrrole nitrogens is 1. The number of ether oxygens (including phenoxy) is 2. The quantitative estimate of drug-likeness (QED) is 0.136. The summed E-state index contributed by atoms with van der Waals surface area (Å²) in [7, 11) is 0. The molecule has 2 aromatic carbocycles. The van der Waals surface area contributed by atoms with E-state index in [0.29, 0.717) is 5.39 Å². The molecule has 5 rings (SSSR count). The molecule has 5 N–H and O–H groups in total. The van der Waals surface area contributed by atoms with Gasteiger partial charge >= 0.3 is 12.6 Å². The lowest BCUT2D eigenvalue weighted by molar-refractivity contribution is -0.191. The lowest BCUT2D eigenvalue weighted by atomic mass is 9.97. The van der Waals surface area contributed by atoms with E-state index in [4.69, 9.17) is 36.1 Å². The Morgan fingerprint density at radius 1 is 1.27 bits per heavy atom. The average molecular weight is 671 g/mol. The van der Waals surface area contributed by atoms with Crippen molar-refractivity contribution in [3.8, 4) is 5.75 Å². The Morgan fingerprint density at radius 2 is 1.98 bits per heavy atom. The molecule has 0 aliphatic carbocycles. The van der Waals surface area contributed by atoms with Crippen LogP contribution in [0.15, 0.2) is 53.6 Å². The number of rotatable bonds is 11. The summed E-state index contributed by atoms with van der Waals surface area (Å²) in [6.07, 6.45) is -9.87. The summed E-state index contributed by atoms with van der Waals surface area (Å²) in [4.78, 5) is 34.8. The first-order valence-corrected chi connectivity index (χ1v) is 16.3. The summed E-state index contributed by atoms with van der Waals surface area (Å²) in [6.45, 7) is -0.441. The highest BCUT2D eigenvalue weighted by Crippen LogP contribution is 2.51. The fourth-order valence-electron chi connectivity index (χ4n) is 4.79. The van der Waals surface area contributed by atoms with Crippen molar-refractivity contribution < 1.29 is 41.6 Å². The average Bonchev–Trinajstić information content (AvgIpc) is 3.51. The predicted molar refractivity (Wildman–Crippen MR) is 161 cm³/mol. The van der Waals surface area contributed by atoms with Crippen molar-refractivity contribution in [1.29, 1.82) is 0 Å². The van der Waals surface area contributed by atoms with Gasteiger partial charge in [0.05, 0.1) is 19.0 Å². The van der Waals surface area contributed by atoms with Gasteiger partial charge in [-0.25, -0.2) is 23.2 Å². The number of aromatic nitrogens is 4. The molecule has 4 aromatic rings. The Kier molecular flexibility index (Phi) is 9.22. The number of aliphatic hydroxyl groups excluding tert-OH is 1. The van der Waals surface area contributed by atoms with Crippen molar-refractivity contribution >= 4 is 52.3 Å². The summed E-state index contributed by atoms with van der Waals surface area (Å²) >= 11 is 5.69. The van der Waals surface area contributed by atoms with Gasteiger partial charge in [-0.2, -0.15) is 4.98 Å². The lowest BCUT2D eigenvalue weighted by Gasteiger charge is -2.34. The number of anilines is 1. The molecule has 1 aliphatic heterocycles. The molecular weight excluding hydrogens is 640 g/mol. The number of alkyl halides is 3. The van der Waals surface area contributed by atoms with Gasteiger partial charge in [0.25, 0.3) is 12.0 Å². The number of nitrogens with zero attached hydrogens (tertiary/aromatic N) is 3. The summed E-state index contributed by atoms with van der Waals surface area (Å²) in [5.41, 5.74) is 1.35. The van der Waals surface area contributed by atoms with E-state index in [2.05, 4.69) is 20.0 Å². The zero-order valence-electron chi connectivity index (χ0n) is 24.1. The van der Waals surface area contributed by atoms with Crippen LogP contribution in [0.2, 0.25) is 0 Å². The van der Waals surface area contributed by atoms with Crippen molar-refractivity contribution in [3.05, 3.63) is 59.1 Å². The van der Waals surface area contributed by atoms with Gasteiger partial charge in [-0.3, -0.25) is 19.1 Å². The van der Waals surface area contributed by atoms with E-state index < -0.39 is 67.5 Å². The Labute approximate surface area is 259 Å². The van der Waals surface area contributed by atoms with Gasteiger partial charge in [-0.1, -0.05) is 36.4 Å². The van der Waals surface area contributed by atoms with Crippen LogP contribution in [-0.4, -0.2) is 73.6 Å². The zero-order valence-corrected chi connectivity index (χ0v) is 25.8. The maximum absolute atomic E-state index is 15.6. The van der Waals surface area contributed by atoms with Crippen LogP contribution in [0.1, 0.15) is 27.0 Å². The van der Waals surface area contributed by atoms with Crippen LogP contribution in [0.3, 0.4) is 0 Å². The standard InChI is InChI=1S/C27H30F3N6O7PS/c1-13(2)41-24(39)14(3)35-44(45,43-17-10-6-8-15-7-4-5-9-16(15)17)40-11-27(25(29)30)20(37)18(28)23(42-27)36-12-32-19-21(36)33-26(31)34-22(19)38/h4-10,12-14,18,20,23,25,37H,11H2,1-3H3,(H,35,45)(H3,31,33,34,38)/t14-,18-,20-,23+,27+,44?/m0/s1. The minimum atomic E-state index is -3.97. The molecule has 6 atom stereocenters. The largest absolute Gasteiger partial charge is 0.462 e. The van der Waals surface area contributed by atoms with Crippen molar-refractivity contribution in [2.45, 2.75) is 63.4 Å². The van der Waals surface area contributed by atoms with E-state index in [-0.39, 0.29) is 22.9 Å². The SMILES string of the molecule is CC(C)OC(=O)[C@H](C)NP(=S)(OC[C@@]1(C(F)F)O[C@@H](n2cnc3c(=O)[nH]c(N)nc32)[C@@H](F)[C@@H]1O)Oc1cccc2ccccc12. The Hall–Kier alpha value is -3.60. The Balaban J connectivity index is 1.48. The molecule has 0 radical (unpaired) electrons. The molecular formula is C27H30F3N6O7PS. The second-order valence-electron chi connectivity index (χ2n) is 10.6. The second kappa shape index (κ2) is 12.7. The van der Waals surface area contributed by atoms with E-state index >= 15 is 4.39 Å². The molecule has 1 unspecified atom stereocenters. The summed E-state index contributed by atoms with van der Waals surface area (Å²) < 4.78 is 68.8. The van der Waals surface area contributed by atoms with Crippen LogP contribution in [0, 0.1) is 0 Å². The number of benzene rings is 2. The molecule has 1 fully saturated rings. The number of nitrogens with one attached hydrogen (secondary N) is 2. The number of hydrogen-bond donors (Lipinski definition) is 4. The van der Waals surface area contributed by atoms with E-state index in [1.54, 1.807) is 44.2 Å². The third-order valence-corrected chi connectivity index (χ3v) is 9.46. The molecule has 1 aliphatic rings. The number of carbonyl (C=O) groups excluding carboxylic acids is 1. The van der Waals surface area contributed by atoms with Crippen molar-refractivity contribution in [1.82, 2.24) is 24.6 Å².